The molecular formula is C15H21ClN2O4S. The van der Waals surface area contributed by atoms with Crippen molar-refractivity contribution in [1.29, 1.82) is 0 Å². The topological polar surface area (TPSA) is 95.5 Å². The van der Waals surface area contributed by atoms with Gasteiger partial charge in [0.15, 0.2) is 14.6 Å². The lowest BCUT2D eigenvalue weighted by Crippen LogP contribution is -2.57. The van der Waals surface area contributed by atoms with E-state index in [-0.39, 0.29) is 19.4 Å². The minimum atomic E-state index is -3.56. The van der Waals surface area contributed by atoms with Gasteiger partial charge in [0.25, 0.3) is 0 Å². The smallest absolute Gasteiger partial charge is 0.241 e. The number of hydrogen-bond donors (Lipinski definition) is 3. The van der Waals surface area contributed by atoms with Crippen LogP contribution in [0.15, 0.2) is 24.3 Å². The van der Waals surface area contributed by atoms with Crippen LogP contribution < -0.4 is 10.6 Å². The molecule has 1 aliphatic heterocycles. The van der Waals surface area contributed by atoms with Crippen LogP contribution >= 0.6 is 11.6 Å². The molecule has 0 aliphatic carbocycles. The van der Waals surface area contributed by atoms with Gasteiger partial charge >= 0.3 is 0 Å². The van der Waals surface area contributed by atoms with E-state index in [1.54, 1.807) is 24.3 Å². The number of amides is 1. The molecule has 1 heterocycles. The fraction of sp³-hybridized carbons (Fsp3) is 0.533. The Morgan fingerprint density at radius 2 is 2.09 bits per heavy atom. The van der Waals surface area contributed by atoms with Crippen molar-refractivity contribution < 1.29 is 18.3 Å². The average Bonchev–Trinajstić information content (AvgIpc) is 2.51. The number of carbonyl (C=O) groups excluding carboxylic acids is 1. The van der Waals surface area contributed by atoms with Gasteiger partial charge in [-0.05, 0) is 43.6 Å². The number of benzene rings is 1. The number of carbonyl (C=O) groups is 1. The van der Waals surface area contributed by atoms with Crippen LogP contribution in [0.3, 0.4) is 0 Å². The Balaban J connectivity index is 2.08. The Morgan fingerprint density at radius 3 is 2.65 bits per heavy atom. The van der Waals surface area contributed by atoms with Gasteiger partial charge in [-0.2, -0.15) is 0 Å². The van der Waals surface area contributed by atoms with Crippen LogP contribution in [0.1, 0.15) is 24.5 Å². The molecule has 0 saturated carbocycles. The van der Waals surface area contributed by atoms with Crippen LogP contribution in [0.5, 0.6) is 0 Å². The highest BCUT2D eigenvalue weighted by Crippen LogP contribution is 2.28. The van der Waals surface area contributed by atoms with E-state index in [4.69, 9.17) is 11.6 Å². The lowest BCUT2D eigenvalue weighted by molar-refractivity contribution is -0.124. The summed E-state index contributed by atoms with van der Waals surface area (Å²) in [6.45, 7) is 0.874. The highest BCUT2D eigenvalue weighted by molar-refractivity contribution is 7.92. The zero-order chi connectivity index (χ0) is 17.1. The minimum Gasteiger partial charge on any atom is -0.387 e. The lowest BCUT2D eigenvalue weighted by Gasteiger charge is -2.34. The van der Waals surface area contributed by atoms with Gasteiger partial charge in [-0.3, -0.25) is 4.79 Å². The second kappa shape index (κ2) is 7.17. The maximum absolute atomic E-state index is 12.5. The summed E-state index contributed by atoms with van der Waals surface area (Å²) in [5.41, 5.74) is 0.566. The predicted octanol–water partition coefficient (Wildman–Crippen LogP) is 0.656. The van der Waals surface area contributed by atoms with Gasteiger partial charge in [-0.25, -0.2) is 8.42 Å². The van der Waals surface area contributed by atoms with Gasteiger partial charge in [0, 0.05) is 17.8 Å². The Kier molecular flexibility index (Phi) is 5.67. The van der Waals surface area contributed by atoms with Gasteiger partial charge in [0.05, 0.1) is 6.10 Å². The van der Waals surface area contributed by atoms with Crippen LogP contribution in [0, 0.1) is 0 Å². The molecule has 0 spiro atoms. The first-order chi connectivity index (χ1) is 10.8. The Labute approximate surface area is 141 Å². The molecule has 1 atom stereocenters. The molecule has 23 heavy (non-hydrogen) atoms. The van der Waals surface area contributed by atoms with E-state index in [0.717, 1.165) is 6.26 Å². The number of halogens is 1. The summed E-state index contributed by atoms with van der Waals surface area (Å²) in [5, 5.41) is 16.3. The van der Waals surface area contributed by atoms with Gasteiger partial charge in [0.1, 0.15) is 0 Å². The zero-order valence-corrected chi connectivity index (χ0v) is 14.5. The molecule has 128 valence electrons. The van der Waals surface area contributed by atoms with Crippen molar-refractivity contribution in [3.8, 4) is 0 Å². The van der Waals surface area contributed by atoms with Crippen molar-refractivity contribution in [3.05, 3.63) is 34.9 Å². The van der Waals surface area contributed by atoms with Crippen molar-refractivity contribution in [3.63, 3.8) is 0 Å². The SMILES string of the molecule is CS(=O)(=O)C1(C(=O)NCC(O)c2cccc(Cl)c2)CCNCC1. The van der Waals surface area contributed by atoms with E-state index in [0.29, 0.717) is 23.7 Å². The van der Waals surface area contributed by atoms with Gasteiger partial charge in [-0.15, -0.1) is 0 Å². The number of aliphatic hydroxyl groups is 1. The monoisotopic (exact) mass is 360 g/mol. The third-order valence-corrected chi connectivity index (χ3v) is 6.47. The first-order valence-corrected chi connectivity index (χ1v) is 9.65. The van der Waals surface area contributed by atoms with Crippen LogP contribution in [0.2, 0.25) is 5.02 Å². The maximum atomic E-state index is 12.5. The summed E-state index contributed by atoms with van der Waals surface area (Å²) >= 11 is 5.87. The fourth-order valence-electron chi connectivity index (χ4n) is 2.78. The minimum absolute atomic E-state index is 0.0656. The quantitative estimate of drug-likeness (QED) is 0.716. The van der Waals surface area contributed by atoms with Crippen LogP contribution in [-0.2, 0) is 14.6 Å². The Bertz CT molecular complexity index is 672. The molecule has 0 radical (unpaired) electrons. The molecule has 2 rings (SSSR count). The van der Waals surface area contributed by atoms with Crippen molar-refractivity contribution in [2.24, 2.45) is 0 Å². The highest BCUT2D eigenvalue weighted by Gasteiger charge is 2.48. The lowest BCUT2D eigenvalue weighted by atomic mass is 9.95. The van der Waals surface area contributed by atoms with E-state index >= 15 is 0 Å². The molecule has 6 nitrogen and oxygen atoms in total. The normalized spacial score (nSPS) is 19.1. The number of sulfone groups is 1. The van der Waals surface area contributed by atoms with Gasteiger partial charge in [-0.1, -0.05) is 23.7 Å². The summed E-state index contributed by atoms with van der Waals surface area (Å²) in [6.07, 6.45) is 0.595. The van der Waals surface area contributed by atoms with Gasteiger partial charge < -0.3 is 15.7 Å². The van der Waals surface area contributed by atoms with Gasteiger partial charge in [0.2, 0.25) is 5.91 Å². The number of rotatable bonds is 5. The van der Waals surface area contributed by atoms with E-state index in [2.05, 4.69) is 10.6 Å². The molecule has 1 aromatic carbocycles. The number of hydrogen-bond acceptors (Lipinski definition) is 5. The summed E-state index contributed by atoms with van der Waals surface area (Å²) in [6, 6.07) is 6.69. The van der Waals surface area contributed by atoms with E-state index in [1.165, 1.54) is 0 Å². The first-order valence-electron chi connectivity index (χ1n) is 7.38. The molecule has 1 aromatic rings. The zero-order valence-electron chi connectivity index (χ0n) is 12.9. The molecule has 1 aliphatic rings. The molecule has 8 heteroatoms. The third kappa shape index (κ3) is 4.03. The van der Waals surface area contributed by atoms with E-state index in [9.17, 15) is 18.3 Å². The molecular weight excluding hydrogens is 340 g/mol. The van der Waals surface area contributed by atoms with Crippen molar-refractivity contribution >= 4 is 27.3 Å². The predicted molar refractivity (Wildman–Crippen MR) is 89.1 cm³/mol. The number of nitrogens with one attached hydrogen (secondary N) is 2. The fourth-order valence-corrected chi connectivity index (χ4v) is 4.33. The number of piperidine rings is 1. The molecule has 0 aromatic heterocycles. The van der Waals surface area contributed by atoms with Crippen molar-refractivity contribution in [2.75, 3.05) is 25.9 Å². The van der Waals surface area contributed by atoms with Crippen LogP contribution in [0.25, 0.3) is 0 Å². The Morgan fingerprint density at radius 1 is 1.43 bits per heavy atom. The molecule has 3 N–H and O–H groups in total. The van der Waals surface area contributed by atoms with Crippen molar-refractivity contribution in [2.45, 2.75) is 23.7 Å². The molecule has 1 unspecified atom stereocenters. The molecule has 1 amide bonds. The van der Waals surface area contributed by atoms with E-state index < -0.39 is 26.6 Å². The van der Waals surface area contributed by atoms with Crippen molar-refractivity contribution in [1.82, 2.24) is 10.6 Å². The van der Waals surface area contributed by atoms with Crippen LogP contribution in [0.4, 0.5) is 0 Å². The summed E-state index contributed by atoms with van der Waals surface area (Å²) in [5.74, 6) is -0.553. The van der Waals surface area contributed by atoms with Crippen LogP contribution in [-0.4, -0.2) is 50.1 Å². The standard InChI is InChI=1S/C15H21ClN2O4S/c1-23(21,22)15(5-7-17-8-6-15)14(20)18-10-13(19)11-3-2-4-12(16)9-11/h2-4,9,13,17,19H,5-8,10H2,1H3,(H,18,20). The average molecular weight is 361 g/mol. The first kappa shape index (κ1) is 18.2. The summed E-state index contributed by atoms with van der Waals surface area (Å²) in [4.78, 5) is 12.5. The Hall–Kier alpha value is -1.15. The largest absolute Gasteiger partial charge is 0.387 e. The third-order valence-electron chi connectivity index (χ3n) is 4.22. The maximum Gasteiger partial charge on any atom is 0.241 e. The number of aliphatic hydroxyl groups excluding tert-OH is 1. The molecule has 0 bridgehead atoms. The molecule has 1 fully saturated rings. The van der Waals surface area contributed by atoms with E-state index in [1.807, 2.05) is 0 Å². The second-order valence-corrected chi connectivity index (χ2v) is 8.56. The summed E-state index contributed by atoms with van der Waals surface area (Å²) < 4.78 is 22.9. The highest BCUT2D eigenvalue weighted by atomic mass is 35.5. The summed E-state index contributed by atoms with van der Waals surface area (Å²) in [7, 11) is -3.56. The second-order valence-electron chi connectivity index (χ2n) is 5.80. The molecule has 1 saturated heterocycles.